The highest BCUT2D eigenvalue weighted by Gasteiger charge is 2.31. The Morgan fingerprint density at radius 2 is 2.00 bits per heavy atom. The van der Waals surface area contributed by atoms with Gasteiger partial charge in [-0.3, -0.25) is 9.00 Å². The van der Waals surface area contributed by atoms with E-state index >= 15 is 0 Å². The monoisotopic (exact) mass is 341 g/mol. The van der Waals surface area contributed by atoms with Crippen molar-refractivity contribution in [3.05, 3.63) is 34.3 Å². The third-order valence-corrected chi connectivity index (χ3v) is 4.48. The van der Waals surface area contributed by atoms with Gasteiger partial charge in [0.2, 0.25) is 0 Å². The average Bonchev–Trinajstić information content (AvgIpc) is 2.36. The predicted octanol–water partition coefficient (Wildman–Crippen LogP) is 3.25. The van der Waals surface area contributed by atoms with Crippen molar-refractivity contribution in [2.24, 2.45) is 0 Å². The second-order valence-electron chi connectivity index (χ2n) is 4.58. The molecule has 0 saturated heterocycles. The van der Waals surface area contributed by atoms with Gasteiger partial charge in [0.25, 0.3) is 5.91 Å². The minimum absolute atomic E-state index is 0.101. The minimum atomic E-state index is -4.56. The van der Waals surface area contributed by atoms with E-state index in [1.807, 2.05) is 0 Å². The second-order valence-corrected chi connectivity index (χ2v) is 6.82. The summed E-state index contributed by atoms with van der Waals surface area (Å²) in [5, 5.41) is 2.24. The molecule has 0 spiro atoms. The number of halogens is 4. The summed E-state index contributed by atoms with van der Waals surface area (Å²) in [4.78, 5) is 11.8. The van der Waals surface area contributed by atoms with Crippen LogP contribution in [0.15, 0.2) is 18.2 Å². The van der Waals surface area contributed by atoms with Gasteiger partial charge in [-0.15, -0.1) is 0 Å². The van der Waals surface area contributed by atoms with Gasteiger partial charge in [-0.25, -0.2) is 0 Å². The number of rotatable bonds is 5. The number of alkyl halides is 3. The molecule has 0 saturated carbocycles. The highest BCUT2D eigenvalue weighted by Crippen LogP contribution is 2.31. The highest BCUT2D eigenvalue weighted by molar-refractivity contribution is 7.84. The maximum absolute atomic E-state index is 12.6. The summed E-state index contributed by atoms with van der Waals surface area (Å²) in [5.41, 5.74) is -1.12. The van der Waals surface area contributed by atoms with Crippen LogP contribution in [0.3, 0.4) is 0 Å². The number of carbonyl (C=O) groups is 1. The number of carbonyl (C=O) groups excluding carboxylic acids is 1. The Kier molecular flexibility index (Phi) is 6.22. The summed E-state index contributed by atoms with van der Waals surface area (Å²) in [7, 11) is -1.01. The van der Waals surface area contributed by atoms with Gasteiger partial charge in [-0.2, -0.15) is 13.2 Å². The number of benzene rings is 1. The van der Waals surface area contributed by atoms with Crippen molar-refractivity contribution in [1.82, 2.24) is 5.32 Å². The van der Waals surface area contributed by atoms with Crippen LogP contribution in [0.25, 0.3) is 0 Å². The van der Waals surface area contributed by atoms with Crippen LogP contribution in [0.4, 0.5) is 13.2 Å². The van der Waals surface area contributed by atoms with E-state index in [0.29, 0.717) is 6.42 Å². The van der Waals surface area contributed by atoms with E-state index in [1.54, 1.807) is 13.2 Å². The molecule has 3 nitrogen and oxygen atoms in total. The van der Waals surface area contributed by atoms with Crippen LogP contribution in [-0.2, 0) is 17.0 Å². The van der Waals surface area contributed by atoms with E-state index in [9.17, 15) is 22.2 Å². The third kappa shape index (κ3) is 5.67. The number of nitrogens with one attached hydrogen (secondary N) is 1. The molecule has 1 aromatic rings. The van der Waals surface area contributed by atoms with E-state index in [4.69, 9.17) is 11.6 Å². The van der Waals surface area contributed by atoms with E-state index < -0.39 is 28.4 Å². The molecule has 0 bridgehead atoms. The summed E-state index contributed by atoms with van der Waals surface area (Å²) in [5.74, 6) is -0.642. The van der Waals surface area contributed by atoms with E-state index in [2.05, 4.69) is 5.32 Å². The first-order chi connectivity index (χ1) is 9.61. The molecule has 0 radical (unpaired) electrons. The molecule has 21 heavy (non-hydrogen) atoms. The fraction of sp³-hybridized carbons (Fsp3) is 0.462. The second kappa shape index (κ2) is 7.26. The smallest absolute Gasteiger partial charge is 0.352 e. The summed E-state index contributed by atoms with van der Waals surface area (Å²) in [6.45, 7) is 2.00. The molecular weight excluding hydrogens is 327 g/mol. The molecule has 0 aliphatic carbocycles. The molecular formula is C13H15ClF3NO2S. The van der Waals surface area contributed by atoms with Crippen molar-refractivity contribution >= 4 is 28.3 Å². The summed E-state index contributed by atoms with van der Waals surface area (Å²) < 4.78 is 49.0. The Morgan fingerprint density at radius 1 is 1.38 bits per heavy atom. The van der Waals surface area contributed by atoms with Crippen molar-refractivity contribution in [1.29, 1.82) is 0 Å². The highest BCUT2D eigenvalue weighted by atomic mass is 35.5. The molecule has 0 aliphatic rings. The van der Waals surface area contributed by atoms with Gasteiger partial charge in [0.05, 0.1) is 5.56 Å². The quantitative estimate of drug-likeness (QED) is 0.893. The van der Waals surface area contributed by atoms with Gasteiger partial charge < -0.3 is 5.32 Å². The van der Waals surface area contributed by atoms with Crippen LogP contribution in [-0.4, -0.2) is 28.2 Å². The molecule has 0 heterocycles. The lowest BCUT2D eigenvalue weighted by molar-refractivity contribution is -0.137. The van der Waals surface area contributed by atoms with Crippen LogP contribution in [0.2, 0.25) is 5.02 Å². The van der Waals surface area contributed by atoms with Gasteiger partial charge >= 0.3 is 6.18 Å². The fourth-order valence-electron chi connectivity index (χ4n) is 1.54. The lowest BCUT2D eigenvalue weighted by atomic mass is 10.1. The summed E-state index contributed by atoms with van der Waals surface area (Å²) in [6.07, 6.45) is -2.53. The van der Waals surface area contributed by atoms with Gasteiger partial charge in [0.15, 0.2) is 0 Å². The van der Waals surface area contributed by atoms with Crippen molar-refractivity contribution in [2.75, 3.05) is 12.8 Å². The maximum Gasteiger partial charge on any atom is 0.416 e. The zero-order valence-corrected chi connectivity index (χ0v) is 13.0. The van der Waals surface area contributed by atoms with Gasteiger partial charge in [-0.1, -0.05) is 18.5 Å². The molecule has 0 aromatic heterocycles. The van der Waals surface area contributed by atoms with E-state index in [0.717, 1.165) is 12.1 Å². The zero-order valence-electron chi connectivity index (χ0n) is 11.5. The van der Waals surface area contributed by atoms with Crippen molar-refractivity contribution < 1.29 is 22.2 Å². The van der Waals surface area contributed by atoms with Crippen LogP contribution >= 0.6 is 11.6 Å². The standard InChI is InChI=1S/C13H15ClF3NO2S/c1-8(21(2)20)3-4-18-12(19)9-5-10(13(15,16)17)7-11(14)6-9/h5-8H,3-4H2,1-2H3,(H,18,19)/t8-,21-/m0/s1. The van der Waals surface area contributed by atoms with Crippen LogP contribution in [0.5, 0.6) is 0 Å². The predicted molar refractivity (Wildman–Crippen MR) is 76.9 cm³/mol. The first kappa shape index (κ1) is 18.0. The first-order valence-corrected chi connectivity index (χ1v) is 8.09. The molecule has 1 amide bonds. The lowest BCUT2D eigenvalue weighted by Gasteiger charge is -2.11. The average molecular weight is 342 g/mol. The molecule has 8 heteroatoms. The molecule has 1 N–H and O–H groups in total. The fourth-order valence-corrected chi connectivity index (χ4v) is 2.23. The van der Waals surface area contributed by atoms with Crippen LogP contribution in [0, 0.1) is 0 Å². The third-order valence-electron chi connectivity index (χ3n) is 2.89. The van der Waals surface area contributed by atoms with Gasteiger partial charge in [0.1, 0.15) is 0 Å². The summed E-state index contributed by atoms with van der Waals surface area (Å²) in [6, 6.07) is 2.69. The van der Waals surface area contributed by atoms with Gasteiger partial charge in [-0.05, 0) is 24.6 Å². The minimum Gasteiger partial charge on any atom is -0.352 e. The largest absolute Gasteiger partial charge is 0.416 e. The van der Waals surface area contributed by atoms with E-state index in [-0.39, 0.29) is 22.4 Å². The SMILES string of the molecule is C[C@@H](CCNC(=O)c1cc(Cl)cc(C(F)(F)F)c1)[S@](C)=O. The number of amides is 1. The molecule has 118 valence electrons. The molecule has 1 rings (SSSR count). The Labute approximate surface area is 128 Å². The molecule has 0 aliphatic heterocycles. The Morgan fingerprint density at radius 3 is 2.52 bits per heavy atom. The van der Waals surface area contributed by atoms with Gasteiger partial charge in [0, 0.05) is 39.4 Å². The molecule has 0 unspecified atom stereocenters. The van der Waals surface area contributed by atoms with E-state index in [1.165, 1.54) is 6.07 Å². The van der Waals surface area contributed by atoms with Crippen molar-refractivity contribution in [3.8, 4) is 0 Å². The normalized spacial score (nSPS) is 14.6. The summed E-state index contributed by atoms with van der Waals surface area (Å²) >= 11 is 5.61. The zero-order chi connectivity index (χ0) is 16.2. The number of hydrogen-bond acceptors (Lipinski definition) is 2. The van der Waals surface area contributed by atoms with Crippen molar-refractivity contribution in [2.45, 2.75) is 24.8 Å². The first-order valence-electron chi connectivity index (χ1n) is 6.09. The Hall–Kier alpha value is -1.08. The topological polar surface area (TPSA) is 46.2 Å². The molecule has 0 fully saturated rings. The van der Waals surface area contributed by atoms with Crippen LogP contribution < -0.4 is 5.32 Å². The Bertz CT molecular complexity index is 549. The molecule has 2 atom stereocenters. The Balaban J connectivity index is 2.75. The molecule has 1 aromatic carbocycles. The van der Waals surface area contributed by atoms with Crippen molar-refractivity contribution in [3.63, 3.8) is 0 Å². The maximum atomic E-state index is 12.6. The number of hydrogen-bond donors (Lipinski definition) is 1. The van der Waals surface area contributed by atoms with Crippen LogP contribution in [0.1, 0.15) is 29.3 Å². The lowest BCUT2D eigenvalue weighted by Crippen LogP contribution is -2.27.